The van der Waals surface area contributed by atoms with E-state index in [9.17, 15) is 0 Å². The van der Waals surface area contributed by atoms with Gasteiger partial charge in [0.2, 0.25) is 4.73 Å². The van der Waals surface area contributed by atoms with Gasteiger partial charge in [0.25, 0.3) is 0 Å². The highest BCUT2D eigenvalue weighted by Crippen LogP contribution is 2.03. The molecule has 0 aliphatic carbocycles. The summed E-state index contributed by atoms with van der Waals surface area (Å²) < 4.78 is 2.47. The largest absolute Gasteiger partial charge is 0.251 e. The fraction of sp³-hybridized carbons (Fsp3) is 0.200. The zero-order valence-electron chi connectivity index (χ0n) is 7.60. The Hall–Kier alpha value is -1.16. The van der Waals surface area contributed by atoms with E-state index in [-0.39, 0.29) is 0 Å². The summed E-state index contributed by atoms with van der Waals surface area (Å²) in [5.74, 6) is 0. The number of benzene rings is 1. The van der Waals surface area contributed by atoms with E-state index in [1.807, 2.05) is 22.9 Å². The maximum absolute atomic E-state index is 4.15. The predicted octanol–water partition coefficient (Wildman–Crippen LogP) is 2.28. The lowest BCUT2D eigenvalue weighted by Crippen LogP contribution is -2.01. The first-order valence-electron chi connectivity index (χ1n) is 4.43. The summed E-state index contributed by atoms with van der Waals surface area (Å²) in [6, 6.07) is 10.4. The van der Waals surface area contributed by atoms with E-state index in [1.54, 1.807) is 6.33 Å². The first kappa shape index (κ1) is 9.40. The number of halogens is 1. The topological polar surface area (TPSA) is 30.7 Å². The zero-order chi connectivity index (χ0) is 9.80. The Labute approximate surface area is 90.9 Å². The first-order valence-corrected chi connectivity index (χ1v) is 5.23. The van der Waals surface area contributed by atoms with Gasteiger partial charge < -0.3 is 0 Å². The molecule has 0 bridgehead atoms. The van der Waals surface area contributed by atoms with Gasteiger partial charge in [-0.2, -0.15) is 0 Å². The van der Waals surface area contributed by atoms with E-state index in [0.717, 1.165) is 13.0 Å². The van der Waals surface area contributed by atoms with Crippen molar-refractivity contribution in [2.24, 2.45) is 0 Å². The third kappa shape index (κ3) is 2.42. The quantitative estimate of drug-likeness (QED) is 0.839. The van der Waals surface area contributed by atoms with Gasteiger partial charge in [-0.05, 0) is 27.9 Å². The van der Waals surface area contributed by atoms with Gasteiger partial charge in [-0.15, -0.1) is 5.10 Å². The molecule has 1 heterocycles. The van der Waals surface area contributed by atoms with Gasteiger partial charge in [0.1, 0.15) is 6.33 Å². The molecule has 2 aromatic rings. The SMILES string of the molecule is Brc1ncn(CCc2ccccc2)n1. The maximum Gasteiger partial charge on any atom is 0.217 e. The molecule has 2 rings (SSSR count). The van der Waals surface area contributed by atoms with Gasteiger partial charge in [0.05, 0.1) is 0 Å². The molecule has 72 valence electrons. The van der Waals surface area contributed by atoms with E-state index >= 15 is 0 Å². The molecular formula is C10H10BrN3. The van der Waals surface area contributed by atoms with Crippen LogP contribution in [-0.4, -0.2) is 14.8 Å². The third-order valence-corrected chi connectivity index (χ3v) is 2.34. The fourth-order valence-electron chi connectivity index (χ4n) is 1.27. The molecule has 4 heteroatoms. The van der Waals surface area contributed by atoms with E-state index in [4.69, 9.17) is 0 Å². The van der Waals surface area contributed by atoms with E-state index in [1.165, 1.54) is 5.56 Å². The van der Waals surface area contributed by atoms with Crippen molar-refractivity contribution in [3.63, 3.8) is 0 Å². The number of hydrogen-bond acceptors (Lipinski definition) is 2. The second kappa shape index (κ2) is 4.37. The number of rotatable bonds is 3. The fourth-order valence-corrected chi connectivity index (χ4v) is 1.56. The Morgan fingerprint density at radius 3 is 2.64 bits per heavy atom. The molecule has 0 unspecified atom stereocenters. The third-order valence-electron chi connectivity index (χ3n) is 1.98. The van der Waals surface area contributed by atoms with Crippen LogP contribution in [0.15, 0.2) is 41.4 Å². The molecule has 0 atom stereocenters. The van der Waals surface area contributed by atoms with Crippen molar-refractivity contribution in [2.45, 2.75) is 13.0 Å². The van der Waals surface area contributed by atoms with Crippen molar-refractivity contribution in [3.8, 4) is 0 Å². The molecule has 0 N–H and O–H groups in total. The standard InChI is InChI=1S/C10H10BrN3/c11-10-12-8-14(13-10)7-6-9-4-2-1-3-5-9/h1-5,8H,6-7H2. The van der Waals surface area contributed by atoms with Crippen LogP contribution in [0.4, 0.5) is 0 Å². The van der Waals surface area contributed by atoms with Crippen LogP contribution in [0.25, 0.3) is 0 Å². The molecule has 0 radical (unpaired) electrons. The van der Waals surface area contributed by atoms with Crippen molar-refractivity contribution in [1.29, 1.82) is 0 Å². The van der Waals surface area contributed by atoms with E-state index in [2.05, 4.69) is 38.1 Å². The van der Waals surface area contributed by atoms with Crippen LogP contribution < -0.4 is 0 Å². The molecule has 1 aromatic carbocycles. The average Bonchev–Trinajstić information content (AvgIpc) is 2.63. The molecule has 0 aliphatic rings. The number of aromatic nitrogens is 3. The van der Waals surface area contributed by atoms with Crippen LogP contribution in [0.1, 0.15) is 5.56 Å². The Balaban J connectivity index is 1.95. The molecule has 3 nitrogen and oxygen atoms in total. The Bertz CT molecular complexity index is 397. The number of hydrogen-bond donors (Lipinski definition) is 0. The second-order valence-electron chi connectivity index (χ2n) is 3.01. The number of nitrogens with zero attached hydrogens (tertiary/aromatic N) is 3. The zero-order valence-corrected chi connectivity index (χ0v) is 9.18. The minimum atomic E-state index is 0.644. The van der Waals surface area contributed by atoms with Gasteiger partial charge >= 0.3 is 0 Å². The second-order valence-corrected chi connectivity index (χ2v) is 3.72. The smallest absolute Gasteiger partial charge is 0.217 e. The van der Waals surface area contributed by atoms with E-state index in [0.29, 0.717) is 4.73 Å². The molecule has 0 spiro atoms. The van der Waals surface area contributed by atoms with Crippen molar-refractivity contribution in [3.05, 3.63) is 47.0 Å². The average molecular weight is 252 g/mol. The Morgan fingerprint density at radius 1 is 1.21 bits per heavy atom. The summed E-state index contributed by atoms with van der Waals surface area (Å²) in [6.45, 7) is 0.864. The molecule has 0 fully saturated rings. The lowest BCUT2D eigenvalue weighted by Gasteiger charge is -2.00. The highest BCUT2D eigenvalue weighted by molar-refractivity contribution is 9.10. The number of aryl methyl sites for hydroxylation is 2. The summed E-state index contributed by atoms with van der Waals surface area (Å²) in [4.78, 5) is 4.00. The monoisotopic (exact) mass is 251 g/mol. The van der Waals surface area contributed by atoms with Gasteiger partial charge in [0, 0.05) is 6.54 Å². The van der Waals surface area contributed by atoms with Gasteiger partial charge in [0.15, 0.2) is 0 Å². The molecule has 0 saturated heterocycles. The first-order chi connectivity index (χ1) is 6.84. The van der Waals surface area contributed by atoms with Gasteiger partial charge in [-0.1, -0.05) is 30.3 Å². The summed E-state index contributed by atoms with van der Waals surface area (Å²) >= 11 is 3.22. The molecular weight excluding hydrogens is 242 g/mol. The minimum Gasteiger partial charge on any atom is -0.251 e. The lowest BCUT2D eigenvalue weighted by atomic mass is 10.2. The maximum atomic E-state index is 4.15. The molecule has 0 aliphatic heterocycles. The van der Waals surface area contributed by atoms with Crippen LogP contribution >= 0.6 is 15.9 Å². The summed E-state index contributed by atoms with van der Waals surface area (Å²) in [6.07, 6.45) is 2.71. The van der Waals surface area contributed by atoms with Gasteiger partial charge in [-0.25, -0.2) is 4.98 Å². The predicted molar refractivity (Wildman–Crippen MR) is 57.9 cm³/mol. The van der Waals surface area contributed by atoms with Crippen molar-refractivity contribution in [1.82, 2.24) is 14.8 Å². The van der Waals surface area contributed by atoms with Crippen LogP contribution in [0, 0.1) is 0 Å². The van der Waals surface area contributed by atoms with Crippen LogP contribution in [0.5, 0.6) is 0 Å². The Morgan fingerprint density at radius 2 is 2.00 bits per heavy atom. The molecule has 1 aromatic heterocycles. The Kier molecular flexibility index (Phi) is 2.93. The van der Waals surface area contributed by atoms with E-state index < -0.39 is 0 Å². The minimum absolute atomic E-state index is 0.644. The molecule has 14 heavy (non-hydrogen) atoms. The molecule has 0 amide bonds. The lowest BCUT2D eigenvalue weighted by molar-refractivity contribution is 0.610. The van der Waals surface area contributed by atoms with Crippen molar-refractivity contribution in [2.75, 3.05) is 0 Å². The highest BCUT2D eigenvalue weighted by atomic mass is 79.9. The van der Waals surface area contributed by atoms with Gasteiger partial charge in [-0.3, -0.25) is 4.68 Å². The van der Waals surface area contributed by atoms with Crippen LogP contribution in [0.2, 0.25) is 0 Å². The summed E-state index contributed by atoms with van der Waals surface area (Å²) in [5, 5.41) is 4.15. The van der Waals surface area contributed by atoms with Crippen LogP contribution in [-0.2, 0) is 13.0 Å². The van der Waals surface area contributed by atoms with Crippen molar-refractivity contribution < 1.29 is 0 Å². The highest BCUT2D eigenvalue weighted by Gasteiger charge is 1.96. The molecule has 0 saturated carbocycles. The van der Waals surface area contributed by atoms with Crippen LogP contribution in [0.3, 0.4) is 0 Å². The summed E-state index contributed by atoms with van der Waals surface area (Å²) in [7, 11) is 0. The normalized spacial score (nSPS) is 10.4. The van der Waals surface area contributed by atoms with Crippen molar-refractivity contribution >= 4 is 15.9 Å². The summed E-state index contributed by atoms with van der Waals surface area (Å²) in [5.41, 5.74) is 1.32.